The van der Waals surface area contributed by atoms with Crippen molar-refractivity contribution in [1.29, 1.82) is 0 Å². The zero-order chi connectivity index (χ0) is 17.6. The first-order valence-corrected chi connectivity index (χ1v) is 7.99. The molecule has 1 amide bonds. The van der Waals surface area contributed by atoms with Gasteiger partial charge < -0.3 is 14.6 Å². The van der Waals surface area contributed by atoms with E-state index in [1.54, 1.807) is 36.4 Å². The first-order chi connectivity index (χ1) is 12.2. The van der Waals surface area contributed by atoms with Crippen LogP contribution >= 0.6 is 0 Å². The zero-order valence-corrected chi connectivity index (χ0v) is 13.9. The molecular weight excluding hydrogens is 318 g/mol. The van der Waals surface area contributed by atoms with Crippen molar-refractivity contribution in [2.75, 3.05) is 20.3 Å². The minimum absolute atomic E-state index is 0.193. The Bertz CT molecular complexity index is 922. The predicted octanol–water partition coefficient (Wildman–Crippen LogP) is 2.21. The van der Waals surface area contributed by atoms with Gasteiger partial charge in [0.2, 0.25) is 0 Å². The number of rotatable bonds is 6. The summed E-state index contributed by atoms with van der Waals surface area (Å²) in [7, 11) is 1.58. The number of amides is 1. The molecule has 0 aliphatic carbocycles. The minimum atomic E-state index is -0.231. The monoisotopic (exact) mass is 337 g/mol. The van der Waals surface area contributed by atoms with Gasteiger partial charge in [-0.3, -0.25) is 14.6 Å². The van der Waals surface area contributed by atoms with Crippen molar-refractivity contribution < 1.29 is 9.53 Å². The SMILES string of the molecule is COCCN(Cc1cc2ccccc2[nH]c1=O)C(=O)c1ccccn1. The van der Waals surface area contributed by atoms with Gasteiger partial charge in [-0.15, -0.1) is 0 Å². The van der Waals surface area contributed by atoms with Crippen LogP contribution in [-0.4, -0.2) is 41.0 Å². The Morgan fingerprint density at radius 1 is 1.20 bits per heavy atom. The Labute approximate surface area is 145 Å². The number of hydrogen-bond acceptors (Lipinski definition) is 4. The van der Waals surface area contributed by atoms with E-state index < -0.39 is 0 Å². The van der Waals surface area contributed by atoms with Crippen LogP contribution < -0.4 is 5.56 Å². The van der Waals surface area contributed by atoms with Crippen molar-refractivity contribution in [1.82, 2.24) is 14.9 Å². The summed E-state index contributed by atoms with van der Waals surface area (Å²) in [4.78, 5) is 33.6. The molecule has 2 aromatic heterocycles. The van der Waals surface area contributed by atoms with Gasteiger partial charge in [0.05, 0.1) is 13.2 Å². The standard InChI is InChI=1S/C19H19N3O3/c1-25-11-10-22(19(24)17-8-4-5-9-20-17)13-15-12-14-6-2-3-7-16(14)21-18(15)23/h2-9,12H,10-11,13H2,1H3,(H,21,23). The minimum Gasteiger partial charge on any atom is -0.383 e. The predicted molar refractivity (Wildman–Crippen MR) is 95.4 cm³/mol. The maximum atomic E-state index is 12.7. The molecule has 3 aromatic rings. The third kappa shape index (κ3) is 3.92. The molecule has 0 radical (unpaired) electrons. The van der Waals surface area contributed by atoms with Gasteiger partial charge in [-0.05, 0) is 29.7 Å². The van der Waals surface area contributed by atoms with Gasteiger partial charge >= 0.3 is 0 Å². The molecule has 0 aliphatic rings. The molecule has 0 unspecified atom stereocenters. The number of ether oxygens (including phenoxy) is 1. The highest BCUT2D eigenvalue weighted by atomic mass is 16.5. The van der Waals surface area contributed by atoms with Crippen LogP contribution in [0.4, 0.5) is 0 Å². The molecule has 0 spiro atoms. The number of methoxy groups -OCH3 is 1. The number of carbonyl (C=O) groups is 1. The lowest BCUT2D eigenvalue weighted by Gasteiger charge is -2.22. The molecule has 0 fully saturated rings. The van der Waals surface area contributed by atoms with Crippen LogP contribution in [0.2, 0.25) is 0 Å². The average Bonchev–Trinajstić information content (AvgIpc) is 2.65. The molecule has 2 heterocycles. The Kier molecular flexibility index (Phi) is 5.20. The Morgan fingerprint density at radius 3 is 2.76 bits per heavy atom. The van der Waals surface area contributed by atoms with Crippen molar-refractivity contribution in [2.45, 2.75) is 6.54 Å². The second-order valence-corrected chi connectivity index (χ2v) is 5.65. The van der Waals surface area contributed by atoms with Crippen LogP contribution in [0.3, 0.4) is 0 Å². The average molecular weight is 337 g/mol. The molecule has 6 nitrogen and oxygen atoms in total. The lowest BCUT2D eigenvalue weighted by Crippen LogP contribution is -2.35. The fourth-order valence-electron chi connectivity index (χ4n) is 2.62. The van der Waals surface area contributed by atoms with Crippen molar-refractivity contribution in [3.05, 3.63) is 76.3 Å². The second-order valence-electron chi connectivity index (χ2n) is 5.65. The third-order valence-corrected chi connectivity index (χ3v) is 3.93. The molecule has 6 heteroatoms. The molecular formula is C19H19N3O3. The summed E-state index contributed by atoms with van der Waals surface area (Å²) in [6, 6.07) is 14.5. The molecule has 128 valence electrons. The molecule has 1 N–H and O–H groups in total. The van der Waals surface area contributed by atoms with E-state index in [1.807, 2.05) is 30.3 Å². The Hall–Kier alpha value is -2.99. The zero-order valence-electron chi connectivity index (χ0n) is 13.9. The number of carbonyl (C=O) groups excluding carboxylic acids is 1. The van der Waals surface area contributed by atoms with Crippen LogP contribution in [-0.2, 0) is 11.3 Å². The lowest BCUT2D eigenvalue weighted by atomic mass is 10.1. The fourth-order valence-corrected chi connectivity index (χ4v) is 2.62. The highest BCUT2D eigenvalue weighted by Crippen LogP contribution is 2.12. The number of benzene rings is 1. The van der Waals surface area contributed by atoms with Gasteiger partial charge in [0, 0.05) is 30.9 Å². The maximum absolute atomic E-state index is 12.7. The highest BCUT2D eigenvalue weighted by molar-refractivity contribution is 5.92. The molecule has 0 bridgehead atoms. The number of hydrogen-bond donors (Lipinski definition) is 1. The summed E-state index contributed by atoms with van der Waals surface area (Å²) < 4.78 is 5.10. The van der Waals surface area contributed by atoms with Crippen molar-refractivity contribution in [3.63, 3.8) is 0 Å². The first kappa shape index (κ1) is 16.9. The van der Waals surface area contributed by atoms with Crippen LogP contribution in [0.5, 0.6) is 0 Å². The third-order valence-electron chi connectivity index (χ3n) is 3.93. The second kappa shape index (κ2) is 7.72. The van der Waals surface area contributed by atoms with Gasteiger partial charge in [-0.25, -0.2) is 0 Å². The molecule has 0 aliphatic heterocycles. The number of nitrogens with one attached hydrogen (secondary N) is 1. The molecule has 0 saturated carbocycles. The number of para-hydroxylation sites is 1. The van der Waals surface area contributed by atoms with Crippen LogP contribution in [0.15, 0.2) is 59.5 Å². The van der Waals surface area contributed by atoms with E-state index in [0.717, 1.165) is 10.9 Å². The maximum Gasteiger partial charge on any atom is 0.272 e. The molecule has 3 rings (SSSR count). The first-order valence-electron chi connectivity index (χ1n) is 7.99. The topological polar surface area (TPSA) is 75.3 Å². The van der Waals surface area contributed by atoms with Crippen LogP contribution in [0.1, 0.15) is 16.1 Å². The van der Waals surface area contributed by atoms with E-state index in [0.29, 0.717) is 24.4 Å². The van der Waals surface area contributed by atoms with Crippen LogP contribution in [0.25, 0.3) is 10.9 Å². The van der Waals surface area contributed by atoms with E-state index in [4.69, 9.17) is 4.74 Å². The summed E-state index contributed by atoms with van der Waals surface area (Å²) in [5.41, 5.74) is 1.44. The molecule has 0 atom stereocenters. The van der Waals surface area contributed by atoms with E-state index >= 15 is 0 Å². The van der Waals surface area contributed by atoms with E-state index in [-0.39, 0.29) is 18.0 Å². The summed E-state index contributed by atoms with van der Waals surface area (Å²) in [5.74, 6) is -0.231. The van der Waals surface area contributed by atoms with Gasteiger partial charge in [0.1, 0.15) is 5.69 Å². The number of pyridine rings is 2. The normalized spacial score (nSPS) is 10.8. The number of nitrogens with zero attached hydrogens (tertiary/aromatic N) is 2. The van der Waals surface area contributed by atoms with E-state index in [9.17, 15) is 9.59 Å². The number of aromatic nitrogens is 2. The summed E-state index contributed by atoms with van der Waals surface area (Å²) in [6.45, 7) is 0.946. The molecule has 1 aromatic carbocycles. The number of fused-ring (bicyclic) bond motifs is 1. The van der Waals surface area contributed by atoms with Gasteiger partial charge in [0.25, 0.3) is 11.5 Å². The van der Waals surface area contributed by atoms with Gasteiger partial charge in [-0.1, -0.05) is 24.3 Å². The smallest absolute Gasteiger partial charge is 0.272 e. The summed E-state index contributed by atoms with van der Waals surface area (Å²) in [5, 5.41) is 0.925. The summed E-state index contributed by atoms with van der Waals surface area (Å²) >= 11 is 0. The Morgan fingerprint density at radius 2 is 2.00 bits per heavy atom. The van der Waals surface area contributed by atoms with Crippen LogP contribution in [0, 0.1) is 0 Å². The van der Waals surface area contributed by atoms with Crippen molar-refractivity contribution in [3.8, 4) is 0 Å². The lowest BCUT2D eigenvalue weighted by molar-refractivity contribution is 0.0674. The number of aromatic amines is 1. The van der Waals surface area contributed by atoms with Gasteiger partial charge in [-0.2, -0.15) is 0 Å². The molecule has 0 saturated heterocycles. The largest absolute Gasteiger partial charge is 0.383 e. The Balaban J connectivity index is 1.91. The molecule has 25 heavy (non-hydrogen) atoms. The van der Waals surface area contributed by atoms with E-state index in [1.165, 1.54) is 0 Å². The quantitative estimate of drug-likeness (QED) is 0.748. The van der Waals surface area contributed by atoms with Crippen molar-refractivity contribution >= 4 is 16.8 Å². The van der Waals surface area contributed by atoms with Gasteiger partial charge in [0.15, 0.2) is 0 Å². The highest BCUT2D eigenvalue weighted by Gasteiger charge is 2.18. The van der Waals surface area contributed by atoms with Crippen molar-refractivity contribution in [2.24, 2.45) is 0 Å². The van der Waals surface area contributed by atoms with E-state index in [2.05, 4.69) is 9.97 Å². The summed E-state index contributed by atoms with van der Waals surface area (Å²) in [6.07, 6.45) is 1.57. The fraction of sp³-hybridized carbons (Fsp3) is 0.211. The number of H-pyrrole nitrogens is 1.